The third-order valence-corrected chi connectivity index (χ3v) is 4.18. The lowest BCUT2D eigenvalue weighted by atomic mass is 9.80. The zero-order valence-electron chi connectivity index (χ0n) is 11.1. The Kier molecular flexibility index (Phi) is 4.72. The second-order valence-corrected chi connectivity index (χ2v) is 5.17. The summed E-state index contributed by atoms with van der Waals surface area (Å²) in [7, 11) is 0. The fourth-order valence-corrected chi connectivity index (χ4v) is 3.01. The molecule has 0 aromatic heterocycles. The molecule has 0 bridgehead atoms. The van der Waals surface area contributed by atoms with Crippen LogP contribution in [-0.4, -0.2) is 31.1 Å². The molecule has 3 heteroatoms. The molecule has 0 saturated carbocycles. The molecule has 18 heavy (non-hydrogen) atoms. The quantitative estimate of drug-likeness (QED) is 0.890. The Labute approximate surface area is 109 Å². The van der Waals surface area contributed by atoms with Gasteiger partial charge in [-0.3, -0.25) is 0 Å². The first kappa shape index (κ1) is 13.5. The highest BCUT2D eigenvalue weighted by Gasteiger charge is 2.26. The summed E-state index contributed by atoms with van der Waals surface area (Å²) in [6.07, 6.45) is 2.35. The van der Waals surface area contributed by atoms with Crippen LogP contribution >= 0.6 is 0 Å². The number of benzene rings is 1. The van der Waals surface area contributed by atoms with E-state index >= 15 is 0 Å². The van der Waals surface area contributed by atoms with Crippen molar-refractivity contribution in [2.45, 2.75) is 25.7 Å². The summed E-state index contributed by atoms with van der Waals surface area (Å²) in [6, 6.07) is 6.93. The van der Waals surface area contributed by atoms with Crippen LogP contribution in [0.15, 0.2) is 24.3 Å². The second-order valence-electron chi connectivity index (χ2n) is 5.17. The Morgan fingerprint density at radius 1 is 1.39 bits per heavy atom. The van der Waals surface area contributed by atoms with Gasteiger partial charge < -0.3 is 10.6 Å². The SMILES string of the molecule is CCN1CCC(C(CN)c2cccc(F)c2)CC1. The maximum Gasteiger partial charge on any atom is 0.123 e. The van der Waals surface area contributed by atoms with Crippen LogP contribution in [0.25, 0.3) is 0 Å². The topological polar surface area (TPSA) is 29.3 Å². The van der Waals surface area contributed by atoms with Crippen LogP contribution in [0.1, 0.15) is 31.2 Å². The summed E-state index contributed by atoms with van der Waals surface area (Å²) >= 11 is 0. The highest BCUT2D eigenvalue weighted by atomic mass is 19.1. The summed E-state index contributed by atoms with van der Waals surface area (Å²) in [5.74, 6) is 0.747. The number of nitrogens with zero attached hydrogens (tertiary/aromatic N) is 1. The van der Waals surface area contributed by atoms with Gasteiger partial charge >= 0.3 is 0 Å². The molecule has 1 saturated heterocycles. The first-order valence-electron chi connectivity index (χ1n) is 6.92. The van der Waals surface area contributed by atoms with Gasteiger partial charge in [-0.25, -0.2) is 4.39 Å². The average Bonchev–Trinajstić information content (AvgIpc) is 2.40. The zero-order valence-corrected chi connectivity index (χ0v) is 11.1. The fourth-order valence-electron chi connectivity index (χ4n) is 3.01. The van der Waals surface area contributed by atoms with Gasteiger partial charge in [0, 0.05) is 0 Å². The molecule has 1 unspecified atom stereocenters. The molecule has 0 amide bonds. The summed E-state index contributed by atoms with van der Waals surface area (Å²) in [5.41, 5.74) is 6.98. The molecule has 2 nitrogen and oxygen atoms in total. The molecule has 1 heterocycles. The molecule has 100 valence electrons. The van der Waals surface area contributed by atoms with E-state index in [0.29, 0.717) is 18.4 Å². The van der Waals surface area contributed by atoms with Crippen molar-refractivity contribution in [1.82, 2.24) is 4.90 Å². The summed E-state index contributed by atoms with van der Waals surface area (Å²) in [6.45, 7) is 6.23. The maximum atomic E-state index is 13.3. The van der Waals surface area contributed by atoms with Crippen LogP contribution in [0.5, 0.6) is 0 Å². The largest absolute Gasteiger partial charge is 0.330 e. The van der Waals surface area contributed by atoms with Gasteiger partial charge in [0.2, 0.25) is 0 Å². The van der Waals surface area contributed by atoms with E-state index in [4.69, 9.17) is 5.73 Å². The lowest BCUT2D eigenvalue weighted by Crippen LogP contribution is -2.36. The van der Waals surface area contributed by atoms with Gasteiger partial charge in [0.05, 0.1) is 0 Å². The lowest BCUT2D eigenvalue weighted by Gasteiger charge is -2.35. The number of nitrogens with two attached hydrogens (primary N) is 1. The van der Waals surface area contributed by atoms with Gasteiger partial charge in [0.1, 0.15) is 5.82 Å². The van der Waals surface area contributed by atoms with Crippen LogP contribution < -0.4 is 5.73 Å². The Morgan fingerprint density at radius 3 is 2.67 bits per heavy atom. The molecule has 0 aliphatic carbocycles. The molecule has 2 N–H and O–H groups in total. The standard InChI is InChI=1S/C15H23FN2/c1-2-18-8-6-12(7-9-18)15(11-17)13-4-3-5-14(16)10-13/h3-5,10,12,15H,2,6-9,11,17H2,1H3. The number of rotatable bonds is 4. The van der Waals surface area contributed by atoms with Crippen LogP contribution in [-0.2, 0) is 0 Å². The minimum Gasteiger partial charge on any atom is -0.330 e. The Bertz CT molecular complexity index is 373. The van der Waals surface area contributed by atoms with Gasteiger partial charge in [-0.1, -0.05) is 19.1 Å². The van der Waals surface area contributed by atoms with Crippen LogP contribution in [0, 0.1) is 11.7 Å². The van der Waals surface area contributed by atoms with Crippen molar-refractivity contribution in [2.75, 3.05) is 26.2 Å². The van der Waals surface area contributed by atoms with E-state index in [1.54, 1.807) is 12.1 Å². The number of halogens is 1. The third kappa shape index (κ3) is 3.09. The van der Waals surface area contributed by atoms with Gasteiger partial charge in [0.15, 0.2) is 0 Å². The van der Waals surface area contributed by atoms with E-state index < -0.39 is 0 Å². The average molecular weight is 250 g/mol. The highest BCUT2D eigenvalue weighted by Crippen LogP contribution is 2.32. The Morgan fingerprint density at radius 2 is 2.11 bits per heavy atom. The first-order valence-corrected chi connectivity index (χ1v) is 6.92. The minimum atomic E-state index is -0.156. The monoisotopic (exact) mass is 250 g/mol. The van der Waals surface area contributed by atoms with E-state index in [1.165, 1.54) is 18.9 Å². The highest BCUT2D eigenvalue weighted by molar-refractivity contribution is 5.22. The maximum absolute atomic E-state index is 13.3. The molecule has 1 aromatic rings. The molecular formula is C15H23FN2. The molecule has 1 aliphatic heterocycles. The third-order valence-electron chi connectivity index (χ3n) is 4.18. The number of hydrogen-bond acceptors (Lipinski definition) is 2. The fraction of sp³-hybridized carbons (Fsp3) is 0.600. The molecule has 2 rings (SSSR count). The van der Waals surface area contributed by atoms with Crippen molar-refractivity contribution >= 4 is 0 Å². The van der Waals surface area contributed by atoms with Crippen molar-refractivity contribution in [3.05, 3.63) is 35.6 Å². The van der Waals surface area contributed by atoms with Crippen molar-refractivity contribution in [2.24, 2.45) is 11.7 Å². The molecule has 0 radical (unpaired) electrons. The van der Waals surface area contributed by atoms with Crippen molar-refractivity contribution < 1.29 is 4.39 Å². The van der Waals surface area contributed by atoms with E-state index in [0.717, 1.165) is 25.2 Å². The summed E-state index contributed by atoms with van der Waals surface area (Å²) in [5, 5.41) is 0. The Balaban J connectivity index is 2.05. The number of piperidine rings is 1. The molecule has 1 aliphatic rings. The van der Waals surface area contributed by atoms with E-state index in [2.05, 4.69) is 11.8 Å². The number of likely N-dealkylation sites (tertiary alicyclic amines) is 1. The molecule has 1 fully saturated rings. The number of hydrogen-bond donors (Lipinski definition) is 1. The van der Waals surface area contributed by atoms with E-state index in [9.17, 15) is 4.39 Å². The molecule has 1 aromatic carbocycles. The molecule has 1 atom stereocenters. The van der Waals surface area contributed by atoms with Gasteiger partial charge in [-0.05, 0) is 68.6 Å². The van der Waals surface area contributed by atoms with Crippen molar-refractivity contribution in [3.8, 4) is 0 Å². The lowest BCUT2D eigenvalue weighted by molar-refractivity contribution is 0.176. The summed E-state index contributed by atoms with van der Waals surface area (Å²) < 4.78 is 13.3. The smallest absolute Gasteiger partial charge is 0.123 e. The predicted octanol–water partition coefficient (Wildman–Crippen LogP) is 2.60. The minimum absolute atomic E-state index is 0.156. The molecular weight excluding hydrogens is 227 g/mol. The first-order chi connectivity index (χ1) is 8.74. The van der Waals surface area contributed by atoms with Gasteiger partial charge in [-0.15, -0.1) is 0 Å². The van der Waals surface area contributed by atoms with E-state index in [-0.39, 0.29) is 5.82 Å². The van der Waals surface area contributed by atoms with Crippen molar-refractivity contribution in [3.63, 3.8) is 0 Å². The molecule has 0 spiro atoms. The van der Waals surface area contributed by atoms with Crippen LogP contribution in [0.3, 0.4) is 0 Å². The summed E-state index contributed by atoms with van der Waals surface area (Å²) in [4.78, 5) is 2.47. The van der Waals surface area contributed by atoms with E-state index in [1.807, 2.05) is 6.07 Å². The van der Waals surface area contributed by atoms with Crippen molar-refractivity contribution in [1.29, 1.82) is 0 Å². The predicted molar refractivity (Wildman–Crippen MR) is 73.0 cm³/mol. The van der Waals surface area contributed by atoms with Crippen LogP contribution in [0.4, 0.5) is 4.39 Å². The van der Waals surface area contributed by atoms with Crippen LogP contribution in [0.2, 0.25) is 0 Å². The normalized spacial score (nSPS) is 19.9. The van der Waals surface area contributed by atoms with Gasteiger partial charge in [-0.2, -0.15) is 0 Å². The second kappa shape index (κ2) is 6.30. The van der Waals surface area contributed by atoms with Gasteiger partial charge in [0.25, 0.3) is 0 Å². The zero-order chi connectivity index (χ0) is 13.0. The Hall–Kier alpha value is -0.930.